The van der Waals surface area contributed by atoms with Gasteiger partial charge in [0.15, 0.2) is 0 Å². The van der Waals surface area contributed by atoms with Gasteiger partial charge in [0.25, 0.3) is 0 Å². The van der Waals surface area contributed by atoms with Crippen LogP contribution in [0.1, 0.15) is 25.7 Å². The van der Waals surface area contributed by atoms with Crippen LogP contribution < -0.4 is 5.73 Å². The molecule has 1 fully saturated rings. The van der Waals surface area contributed by atoms with E-state index >= 15 is 0 Å². The summed E-state index contributed by atoms with van der Waals surface area (Å²) in [6, 6.07) is 0. The van der Waals surface area contributed by atoms with Gasteiger partial charge in [-0.25, -0.2) is 0 Å². The van der Waals surface area contributed by atoms with Gasteiger partial charge in [0, 0.05) is 0 Å². The van der Waals surface area contributed by atoms with Crippen molar-refractivity contribution >= 4 is 5.91 Å². The largest absolute Gasteiger partial charge is 0.369 e. The van der Waals surface area contributed by atoms with Crippen molar-refractivity contribution < 1.29 is 4.79 Å². The lowest BCUT2D eigenvalue weighted by Gasteiger charge is -2.20. The zero-order chi connectivity index (χ0) is 8.55. The average Bonchev–Trinajstić information content (AvgIpc) is 2.87. The molecule has 0 saturated heterocycles. The fourth-order valence-electron chi connectivity index (χ4n) is 2.00. The lowest BCUT2D eigenvalue weighted by atomic mass is 9.85. The van der Waals surface area contributed by atoms with E-state index in [2.05, 4.69) is 6.08 Å². The molecule has 2 rings (SSSR count). The van der Waals surface area contributed by atoms with Gasteiger partial charge in [-0.3, -0.25) is 4.79 Å². The average molecular weight is 165 g/mol. The molecule has 0 aliphatic heterocycles. The van der Waals surface area contributed by atoms with Gasteiger partial charge in [0.1, 0.15) is 0 Å². The third-order valence-corrected chi connectivity index (χ3v) is 2.99. The van der Waals surface area contributed by atoms with Crippen molar-refractivity contribution in [1.29, 1.82) is 0 Å². The Kier molecular flexibility index (Phi) is 1.91. The minimum absolute atomic E-state index is 0.0139. The SMILES string of the molecule is NC(=O)C1C=CC(C2CC2)CC1. The van der Waals surface area contributed by atoms with Crippen LogP contribution in [0.15, 0.2) is 12.2 Å². The van der Waals surface area contributed by atoms with Gasteiger partial charge < -0.3 is 5.73 Å². The summed E-state index contributed by atoms with van der Waals surface area (Å²) in [6.07, 6.45) is 9.11. The van der Waals surface area contributed by atoms with Crippen molar-refractivity contribution in [3.05, 3.63) is 12.2 Å². The zero-order valence-electron chi connectivity index (χ0n) is 7.20. The molecule has 2 N–H and O–H groups in total. The number of carbonyl (C=O) groups is 1. The molecule has 2 atom stereocenters. The lowest BCUT2D eigenvalue weighted by molar-refractivity contribution is -0.120. The Bertz CT molecular complexity index is 218. The van der Waals surface area contributed by atoms with E-state index in [0.717, 1.165) is 24.7 Å². The van der Waals surface area contributed by atoms with E-state index in [1.165, 1.54) is 12.8 Å². The number of nitrogens with two attached hydrogens (primary N) is 1. The fraction of sp³-hybridized carbons (Fsp3) is 0.700. The van der Waals surface area contributed by atoms with E-state index < -0.39 is 0 Å². The fourth-order valence-corrected chi connectivity index (χ4v) is 2.00. The third kappa shape index (κ3) is 1.52. The van der Waals surface area contributed by atoms with Gasteiger partial charge in [-0.1, -0.05) is 12.2 Å². The summed E-state index contributed by atoms with van der Waals surface area (Å²) in [4.78, 5) is 10.8. The summed E-state index contributed by atoms with van der Waals surface area (Å²) in [5, 5.41) is 0. The second-order valence-electron chi connectivity index (χ2n) is 3.97. The molecule has 0 spiro atoms. The molecule has 2 heteroatoms. The van der Waals surface area contributed by atoms with Gasteiger partial charge in [0.2, 0.25) is 5.91 Å². The molecule has 0 radical (unpaired) electrons. The molecule has 1 amide bonds. The second-order valence-corrected chi connectivity index (χ2v) is 3.97. The smallest absolute Gasteiger partial charge is 0.224 e. The lowest BCUT2D eigenvalue weighted by Crippen LogP contribution is -2.24. The monoisotopic (exact) mass is 165 g/mol. The molecule has 0 aromatic carbocycles. The Morgan fingerprint density at radius 1 is 1.17 bits per heavy atom. The van der Waals surface area contributed by atoms with Crippen LogP contribution in [0.2, 0.25) is 0 Å². The van der Waals surface area contributed by atoms with E-state index in [-0.39, 0.29) is 11.8 Å². The summed E-state index contributed by atoms with van der Waals surface area (Å²) in [5.41, 5.74) is 5.21. The number of allylic oxidation sites excluding steroid dienone is 1. The number of primary amides is 1. The highest BCUT2D eigenvalue weighted by Gasteiger charge is 2.32. The molecule has 12 heavy (non-hydrogen) atoms. The summed E-state index contributed by atoms with van der Waals surface area (Å²) in [6.45, 7) is 0. The van der Waals surface area contributed by atoms with Crippen LogP contribution in [0.5, 0.6) is 0 Å². The number of hydrogen-bond donors (Lipinski definition) is 1. The Morgan fingerprint density at radius 3 is 2.33 bits per heavy atom. The van der Waals surface area contributed by atoms with E-state index in [0.29, 0.717) is 0 Å². The maximum absolute atomic E-state index is 10.8. The van der Waals surface area contributed by atoms with Crippen molar-refractivity contribution in [1.82, 2.24) is 0 Å². The number of rotatable bonds is 2. The maximum atomic E-state index is 10.8. The van der Waals surface area contributed by atoms with E-state index in [1.54, 1.807) is 0 Å². The van der Waals surface area contributed by atoms with Crippen LogP contribution in [0.4, 0.5) is 0 Å². The summed E-state index contributed by atoms with van der Waals surface area (Å²) < 4.78 is 0. The first kappa shape index (κ1) is 7.84. The molecule has 0 aromatic rings. The molecule has 0 bridgehead atoms. The normalized spacial score (nSPS) is 35.0. The first-order chi connectivity index (χ1) is 5.77. The van der Waals surface area contributed by atoms with Crippen molar-refractivity contribution in [2.45, 2.75) is 25.7 Å². The Balaban J connectivity index is 1.94. The molecular weight excluding hydrogens is 150 g/mol. The zero-order valence-corrected chi connectivity index (χ0v) is 7.20. The van der Waals surface area contributed by atoms with Crippen molar-refractivity contribution in [3.63, 3.8) is 0 Å². The quantitative estimate of drug-likeness (QED) is 0.618. The van der Waals surface area contributed by atoms with Crippen LogP contribution in [0.3, 0.4) is 0 Å². The predicted molar refractivity (Wildman–Crippen MR) is 47.3 cm³/mol. The van der Waals surface area contributed by atoms with E-state index in [9.17, 15) is 4.79 Å². The Labute approximate surface area is 72.8 Å². The van der Waals surface area contributed by atoms with Crippen LogP contribution in [-0.4, -0.2) is 5.91 Å². The molecule has 2 unspecified atom stereocenters. The molecule has 0 aromatic heterocycles. The van der Waals surface area contributed by atoms with Crippen molar-refractivity contribution in [3.8, 4) is 0 Å². The third-order valence-electron chi connectivity index (χ3n) is 2.99. The Morgan fingerprint density at radius 2 is 1.92 bits per heavy atom. The summed E-state index contributed by atoms with van der Waals surface area (Å²) in [7, 11) is 0. The Hall–Kier alpha value is -0.790. The van der Waals surface area contributed by atoms with Gasteiger partial charge in [-0.15, -0.1) is 0 Å². The molecule has 2 aliphatic carbocycles. The van der Waals surface area contributed by atoms with Gasteiger partial charge >= 0.3 is 0 Å². The number of hydrogen-bond acceptors (Lipinski definition) is 1. The van der Waals surface area contributed by atoms with Crippen molar-refractivity contribution in [2.24, 2.45) is 23.5 Å². The van der Waals surface area contributed by atoms with E-state index in [4.69, 9.17) is 5.73 Å². The second kappa shape index (κ2) is 2.92. The van der Waals surface area contributed by atoms with Crippen LogP contribution in [-0.2, 0) is 4.79 Å². The van der Waals surface area contributed by atoms with Crippen molar-refractivity contribution in [2.75, 3.05) is 0 Å². The highest BCUT2D eigenvalue weighted by Crippen LogP contribution is 2.42. The first-order valence-corrected chi connectivity index (χ1v) is 4.75. The highest BCUT2D eigenvalue weighted by molar-refractivity contribution is 5.78. The summed E-state index contributed by atoms with van der Waals surface area (Å²) in [5.74, 6) is 1.52. The number of carbonyl (C=O) groups excluding carboxylic acids is 1. The standard InChI is InChI=1S/C10H15NO/c11-10(12)9-5-3-8(4-6-9)7-1-2-7/h3,5,7-9H,1-2,4,6H2,(H2,11,12). The van der Waals surface area contributed by atoms with Crippen LogP contribution >= 0.6 is 0 Å². The summed E-state index contributed by atoms with van der Waals surface area (Å²) >= 11 is 0. The van der Waals surface area contributed by atoms with Gasteiger partial charge in [0.05, 0.1) is 5.92 Å². The maximum Gasteiger partial charge on any atom is 0.224 e. The van der Waals surface area contributed by atoms with Crippen LogP contribution in [0.25, 0.3) is 0 Å². The molecule has 66 valence electrons. The molecular formula is C10H15NO. The predicted octanol–water partition coefficient (Wildman–Crippen LogP) is 1.46. The first-order valence-electron chi connectivity index (χ1n) is 4.75. The molecule has 0 heterocycles. The topological polar surface area (TPSA) is 43.1 Å². The van der Waals surface area contributed by atoms with Gasteiger partial charge in [-0.05, 0) is 37.5 Å². The van der Waals surface area contributed by atoms with Crippen LogP contribution in [0, 0.1) is 17.8 Å². The highest BCUT2D eigenvalue weighted by atomic mass is 16.1. The molecule has 2 aliphatic rings. The minimum atomic E-state index is -0.166. The minimum Gasteiger partial charge on any atom is -0.369 e. The molecule has 1 saturated carbocycles. The van der Waals surface area contributed by atoms with E-state index in [1.807, 2.05) is 6.08 Å². The molecule has 2 nitrogen and oxygen atoms in total. The van der Waals surface area contributed by atoms with Gasteiger partial charge in [-0.2, -0.15) is 0 Å². The number of amides is 1.